The Hall–Kier alpha value is -6.13. The molecular formula is C38H42N10O6. The number of fused-ring (bicyclic) bond motifs is 2. The lowest BCUT2D eigenvalue weighted by Crippen LogP contribution is -2.35. The van der Waals surface area contributed by atoms with E-state index in [0.717, 1.165) is 29.7 Å². The average Bonchev–Trinajstić information content (AvgIpc) is 3.92. The Morgan fingerprint density at radius 1 is 0.796 bits per heavy atom. The van der Waals surface area contributed by atoms with Crippen molar-refractivity contribution in [2.24, 2.45) is 5.73 Å². The second-order valence-electron chi connectivity index (χ2n) is 12.9. The van der Waals surface area contributed by atoms with Crippen LogP contribution in [-0.4, -0.2) is 78.0 Å². The number of hydrogen-bond acceptors (Lipinski definition) is 11. The fraction of sp³-hybridized carbons (Fsp3) is 0.342. The maximum atomic E-state index is 13.6. The van der Waals surface area contributed by atoms with E-state index in [1.807, 2.05) is 47.3 Å². The molecule has 1 fully saturated rings. The summed E-state index contributed by atoms with van der Waals surface area (Å²) in [6.45, 7) is 11.5. The molecule has 54 heavy (non-hydrogen) atoms. The molecule has 0 bridgehead atoms. The van der Waals surface area contributed by atoms with Crippen LogP contribution in [0.1, 0.15) is 74.0 Å². The number of carbonyl (C=O) groups is 3. The third-order valence-corrected chi connectivity index (χ3v) is 9.26. The van der Waals surface area contributed by atoms with Crippen molar-refractivity contribution in [2.45, 2.75) is 60.2 Å². The Kier molecular flexibility index (Phi) is 10.4. The highest BCUT2D eigenvalue weighted by atomic mass is 16.5. The van der Waals surface area contributed by atoms with Gasteiger partial charge in [0.15, 0.2) is 11.8 Å². The number of rotatable bonds is 13. The van der Waals surface area contributed by atoms with E-state index in [2.05, 4.69) is 36.6 Å². The summed E-state index contributed by atoms with van der Waals surface area (Å²) in [5, 5.41) is 5.86. The molecule has 16 heteroatoms. The number of ether oxygens (including phenoxy) is 1. The quantitative estimate of drug-likeness (QED) is 0.138. The zero-order valence-corrected chi connectivity index (χ0v) is 30.6. The second-order valence-corrected chi connectivity index (χ2v) is 12.9. The molecule has 1 aliphatic heterocycles. The van der Waals surface area contributed by atoms with Gasteiger partial charge in [0.2, 0.25) is 29.3 Å². The van der Waals surface area contributed by atoms with Gasteiger partial charge in [0.1, 0.15) is 0 Å². The van der Waals surface area contributed by atoms with Gasteiger partial charge in [-0.25, -0.2) is 19.9 Å². The Morgan fingerprint density at radius 2 is 1.39 bits per heavy atom. The molecule has 5 heterocycles. The van der Waals surface area contributed by atoms with Gasteiger partial charge in [-0.05, 0) is 42.7 Å². The van der Waals surface area contributed by atoms with E-state index in [1.165, 1.54) is 0 Å². The summed E-state index contributed by atoms with van der Waals surface area (Å²) in [5.74, 6) is 0.168. The third-order valence-electron chi connectivity index (χ3n) is 9.26. The molecule has 3 amide bonds. The summed E-state index contributed by atoms with van der Waals surface area (Å²) < 4.78 is 20.7. The van der Waals surface area contributed by atoms with Gasteiger partial charge in [-0.2, -0.15) is 0 Å². The first-order valence-electron chi connectivity index (χ1n) is 17.9. The van der Waals surface area contributed by atoms with E-state index in [9.17, 15) is 14.4 Å². The van der Waals surface area contributed by atoms with E-state index in [1.54, 1.807) is 32.0 Å². The number of oxazole rings is 2. The van der Waals surface area contributed by atoms with Crippen LogP contribution in [0.5, 0.6) is 0 Å². The minimum Gasteiger partial charge on any atom is -0.436 e. The fourth-order valence-corrected chi connectivity index (χ4v) is 6.68. The van der Waals surface area contributed by atoms with Crippen molar-refractivity contribution in [1.82, 2.24) is 34.0 Å². The van der Waals surface area contributed by atoms with Crippen LogP contribution < -0.4 is 16.4 Å². The van der Waals surface area contributed by atoms with Crippen LogP contribution in [0.3, 0.4) is 0 Å². The molecule has 6 aromatic rings. The number of aryl methyl sites for hydroxylation is 4. The molecule has 4 N–H and O–H groups in total. The standard InChI is InChI=1S/C38H42N10O6/c1-5-26-32(53-22(3)40-26)35(50)44-37-43-29-20-24(34(39)49)12-13-30(29)47(37)14-7-8-15-48-31-25(21-46-16-18-52-19-17-46)10-9-11-28(31)42-38(48)45-36(51)33-27(6-2)41-23(4)54-33/h7-13,20H,5-6,14-19,21H2,1-4H3,(H2,39,49)(H,42,45,51)(H,43,44,50)/b8-7+. The van der Waals surface area contributed by atoms with Crippen molar-refractivity contribution in [1.29, 1.82) is 0 Å². The van der Waals surface area contributed by atoms with Crippen LogP contribution in [0, 0.1) is 13.8 Å². The summed E-state index contributed by atoms with van der Waals surface area (Å²) in [5.41, 5.74) is 10.8. The number of allylic oxidation sites excluding steroid dienone is 2. The summed E-state index contributed by atoms with van der Waals surface area (Å²) in [7, 11) is 0. The van der Waals surface area contributed by atoms with Gasteiger partial charge in [-0.3, -0.25) is 29.9 Å². The zero-order valence-electron chi connectivity index (χ0n) is 30.6. The van der Waals surface area contributed by atoms with Gasteiger partial charge in [0.25, 0.3) is 11.8 Å². The SMILES string of the molecule is CCc1nc(C)oc1C(=O)Nc1nc2cc(C(N)=O)ccc2n1C/C=C/Cn1c(NC(=O)c2oc(C)nc2CC)nc2cccc(CN3CCOCC3)c21. The summed E-state index contributed by atoms with van der Waals surface area (Å²) in [4.78, 5) is 59.5. The summed E-state index contributed by atoms with van der Waals surface area (Å²) in [6.07, 6.45) is 4.95. The van der Waals surface area contributed by atoms with Crippen LogP contribution in [-0.2, 0) is 37.2 Å². The van der Waals surface area contributed by atoms with Gasteiger partial charge >= 0.3 is 0 Å². The van der Waals surface area contributed by atoms with Crippen LogP contribution in [0.2, 0.25) is 0 Å². The molecule has 0 radical (unpaired) electrons. The number of nitrogens with one attached hydrogen (secondary N) is 2. The van der Waals surface area contributed by atoms with E-state index >= 15 is 0 Å². The predicted molar refractivity (Wildman–Crippen MR) is 200 cm³/mol. The molecule has 1 aliphatic rings. The highest BCUT2D eigenvalue weighted by molar-refractivity contribution is 6.04. The van der Waals surface area contributed by atoms with Gasteiger partial charge < -0.3 is 28.4 Å². The molecule has 2 aromatic carbocycles. The highest BCUT2D eigenvalue weighted by Gasteiger charge is 2.24. The molecule has 0 spiro atoms. The lowest BCUT2D eigenvalue weighted by Gasteiger charge is -2.27. The van der Waals surface area contributed by atoms with E-state index in [4.69, 9.17) is 24.3 Å². The number of carbonyl (C=O) groups excluding carboxylic acids is 3. The second kappa shape index (κ2) is 15.5. The maximum Gasteiger partial charge on any atom is 0.295 e. The molecule has 0 aliphatic carbocycles. The van der Waals surface area contributed by atoms with Crippen molar-refractivity contribution in [3.8, 4) is 0 Å². The molecule has 1 saturated heterocycles. The Labute approximate surface area is 310 Å². The van der Waals surface area contributed by atoms with E-state index in [0.29, 0.717) is 91.4 Å². The van der Waals surface area contributed by atoms with Crippen LogP contribution in [0.25, 0.3) is 22.1 Å². The van der Waals surface area contributed by atoms with E-state index in [-0.39, 0.29) is 17.5 Å². The topological polar surface area (TPSA) is 201 Å². The number of amides is 3. The summed E-state index contributed by atoms with van der Waals surface area (Å²) >= 11 is 0. The van der Waals surface area contributed by atoms with Crippen LogP contribution >= 0.6 is 0 Å². The number of para-hydroxylation sites is 1. The van der Waals surface area contributed by atoms with Crippen molar-refractivity contribution >= 4 is 51.7 Å². The number of anilines is 2. The number of aromatic nitrogens is 6. The van der Waals surface area contributed by atoms with Crippen molar-refractivity contribution < 1.29 is 28.0 Å². The molecule has 0 saturated carbocycles. The van der Waals surface area contributed by atoms with Crippen LogP contribution in [0.4, 0.5) is 11.9 Å². The number of imidazole rings is 2. The normalized spacial score (nSPS) is 13.7. The lowest BCUT2D eigenvalue weighted by atomic mass is 10.1. The molecule has 280 valence electrons. The molecule has 4 aromatic heterocycles. The number of nitrogens with two attached hydrogens (primary N) is 1. The number of morpholine rings is 1. The number of primary amides is 1. The van der Waals surface area contributed by atoms with Gasteiger partial charge in [-0.1, -0.05) is 38.1 Å². The first-order chi connectivity index (χ1) is 26.1. The monoisotopic (exact) mass is 734 g/mol. The van der Waals surface area contributed by atoms with Crippen molar-refractivity contribution in [3.05, 3.63) is 94.4 Å². The van der Waals surface area contributed by atoms with Gasteiger partial charge in [-0.15, -0.1) is 0 Å². The first kappa shape index (κ1) is 36.2. The Balaban J connectivity index is 1.22. The highest BCUT2D eigenvalue weighted by Crippen LogP contribution is 2.27. The predicted octanol–water partition coefficient (Wildman–Crippen LogP) is 4.80. The molecule has 0 unspecified atom stereocenters. The minimum absolute atomic E-state index is 0.114. The number of hydrogen-bond donors (Lipinski definition) is 3. The minimum atomic E-state index is -0.588. The molecule has 16 nitrogen and oxygen atoms in total. The Morgan fingerprint density at radius 3 is 2.00 bits per heavy atom. The lowest BCUT2D eigenvalue weighted by molar-refractivity contribution is 0.0343. The largest absolute Gasteiger partial charge is 0.436 e. The zero-order chi connectivity index (χ0) is 37.9. The number of nitrogens with zero attached hydrogens (tertiary/aromatic N) is 7. The molecular weight excluding hydrogens is 692 g/mol. The first-order valence-corrected chi connectivity index (χ1v) is 17.9. The molecule has 0 atom stereocenters. The average molecular weight is 735 g/mol. The molecule has 7 rings (SSSR count). The maximum absolute atomic E-state index is 13.6. The number of benzene rings is 2. The van der Waals surface area contributed by atoms with E-state index < -0.39 is 17.7 Å². The fourth-order valence-electron chi connectivity index (χ4n) is 6.68. The van der Waals surface area contributed by atoms with Gasteiger partial charge in [0.05, 0.1) is 46.7 Å². The Bertz CT molecular complexity index is 2390. The summed E-state index contributed by atoms with van der Waals surface area (Å²) in [6, 6.07) is 10.9. The van der Waals surface area contributed by atoms with Crippen molar-refractivity contribution in [3.63, 3.8) is 0 Å². The van der Waals surface area contributed by atoms with Gasteiger partial charge in [0, 0.05) is 52.1 Å². The van der Waals surface area contributed by atoms with Crippen molar-refractivity contribution in [2.75, 3.05) is 36.9 Å². The van der Waals surface area contributed by atoms with Crippen LogP contribution in [0.15, 0.2) is 57.4 Å². The third kappa shape index (κ3) is 7.38. The smallest absolute Gasteiger partial charge is 0.295 e.